The smallest absolute Gasteiger partial charge is 0.305 e. The minimum Gasteiger partial charge on any atom is -0.463 e. The monoisotopic (exact) mass is 583 g/mol. The second-order valence-electron chi connectivity index (χ2n) is 13.1. The summed E-state index contributed by atoms with van der Waals surface area (Å²) >= 11 is 0. The molecule has 0 aliphatic heterocycles. The fourth-order valence-electron chi connectivity index (χ4n) is 5.19. The molecule has 0 spiro atoms. The van der Waals surface area contributed by atoms with Gasteiger partial charge in [0.15, 0.2) is 0 Å². The molecule has 0 rings (SSSR count). The zero-order chi connectivity index (χ0) is 30.4. The van der Waals surface area contributed by atoms with E-state index in [-0.39, 0.29) is 25.2 Å². The summed E-state index contributed by atoms with van der Waals surface area (Å²) in [4.78, 5) is 23.8. The van der Waals surface area contributed by atoms with Crippen molar-refractivity contribution in [2.75, 3.05) is 13.2 Å². The zero-order valence-corrected chi connectivity index (χ0v) is 27.9. The quantitative estimate of drug-likeness (QED) is 0.0650. The molecular formula is C36H70O5. The Morgan fingerprint density at radius 2 is 0.829 bits per heavy atom. The van der Waals surface area contributed by atoms with Crippen molar-refractivity contribution in [2.24, 2.45) is 11.8 Å². The van der Waals surface area contributed by atoms with Gasteiger partial charge in [0.25, 0.3) is 0 Å². The molecule has 0 aromatic rings. The third-order valence-corrected chi connectivity index (χ3v) is 8.31. The van der Waals surface area contributed by atoms with E-state index >= 15 is 0 Å². The first-order chi connectivity index (χ1) is 19.8. The zero-order valence-electron chi connectivity index (χ0n) is 27.9. The van der Waals surface area contributed by atoms with E-state index in [1.807, 2.05) is 0 Å². The van der Waals surface area contributed by atoms with Crippen molar-refractivity contribution in [3.8, 4) is 0 Å². The van der Waals surface area contributed by atoms with Gasteiger partial charge in [-0.3, -0.25) is 9.59 Å². The Labute approximate surface area is 255 Å². The summed E-state index contributed by atoms with van der Waals surface area (Å²) in [6.45, 7) is 8.96. The van der Waals surface area contributed by atoms with Crippen LogP contribution in [0, 0.1) is 11.8 Å². The molecule has 0 aliphatic rings. The maximum Gasteiger partial charge on any atom is 0.305 e. The maximum atomic E-state index is 11.9. The first-order valence-corrected chi connectivity index (χ1v) is 17.8. The number of aliphatic hydroxyl groups is 1. The molecule has 0 amide bonds. The van der Waals surface area contributed by atoms with E-state index in [9.17, 15) is 14.7 Å². The summed E-state index contributed by atoms with van der Waals surface area (Å²) in [5.41, 5.74) is 0. The first-order valence-electron chi connectivity index (χ1n) is 17.8. The van der Waals surface area contributed by atoms with Gasteiger partial charge in [0.2, 0.25) is 0 Å². The number of unbranched alkanes of at least 4 members (excludes halogenated alkanes) is 18. The molecule has 1 N–H and O–H groups in total. The normalized spacial score (nSPS) is 12.9. The average molecular weight is 583 g/mol. The van der Waals surface area contributed by atoms with E-state index in [1.165, 1.54) is 116 Å². The lowest BCUT2D eigenvalue weighted by atomic mass is 9.99. The van der Waals surface area contributed by atoms with Crippen molar-refractivity contribution in [1.29, 1.82) is 0 Å². The Balaban J connectivity index is 3.39. The summed E-state index contributed by atoms with van der Waals surface area (Å²) in [5, 5.41) is 9.95. The lowest BCUT2D eigenvalue weighted by molar-refractivity contribution is -0.152. The number of carbonyl (C=O) groups is 2. The standard InChI is InChI=1S/C36H70O5/c1-5-33(4)27-23-19-14-12-10-8-6-7-9-11-13-15-20-24-28-35(38)40-30-34(37)31-41-36(39)29-25-21-17-16-18-22-26-32(2)3/h32-34,37H,5-31H2,1-4H3/t33?,34-/m1/s1. The van der Waals surface area contributed by atoms with Crippen LogP contribution >= 0.6 is 0 Å². The molecule has 0 saturated carbocycles. The van der Waals surface area contributed by atoms with Gasteiger partial charge in [-0.15, -0.1) is 0 Å². The lowest BCUT2D eigenvalue weighted by Gasteiger charge is -2.12. The number of esters is 2. The molecule has 0 aliphatic carbocycles. The van der Waals surface area contributed by atoms with E-state index < -0.39 is 6.10 Å². The molecule has 5 nitrogen and oxygen atoms in total. The van der Waals surface area contributed by atoms with E-state index in [4.69, 9.17) is 9.47 Å². The highest BCUT2D eigenvalue weighted by molar-refractivity contribution is 5.69. The molecule has 0 heterocycles. The van der Waals surface area contributed by atoms with Crippen molar-refractivity contribution >= 4 is 11.9 Å². The Bertz CT molecular complexity index is 576. The molecule has 2 atom stereocenters. The van der Waals surface area contributed by atoms with Crippen LogP contribution in [0.4, 0.5) is 0 Å². The lowest BCUT2D eigenvalue weighted by Crippen LogP contribution is -2.25. The highest BCUT2D eigenvalue weighted by Crippen LogP contribution is 2.16. The van der Waals surface area contributed by atoms with Gasteiger partial charge in [-0.1, -0.05) is 163 Å². The minimum atomic E-state index is -0.955. The molecule has 0 saturated heterocycles. The predicted octanol–water partition coefficient (Wildman–Crippen LogP) is 10.5. The van der Waals surface area contributed by atoms with Gasteiger partial charge in [0.05, 0.1) is 0 Å². The van der Waals surface area contributed by atoms with Gasteiger partial charge >= 0.3 is 11.9 Å². The van der Waals surface area contributed by atoms with E-state index in [0.29, 0.717) is 12.8 Å². The van der Waals surface area contributed by atoms with Crippen molar-refractivity contribution in [2.45, 2.75) is 194 Å². The fourth-order valence-corrected chi connectivity index (χ4v) is 5.19. The molecule has 0 fully saturated rings. The number of carbonyl (C=O) groups excluding carboxylic acids is 2. The third-order valence-electron chi connectivity index (χ3n) is 8.31. The van der Waals surface area contributed by atoms with Gasteiger partial charge in [-0.25, -0.2) is 0 Å². The second-order valence-corrected chi connectivity index (χ2v) is 13.1. The van der Waals surface area contributed by atoms with Crippen molar-refractivity contribution in [3.05, 3.63) is 0 Å². The molecule has 0 bridgehead atoms. The Morgan fingerprint density at radius 1 is 0.512 bits per heavy atom. The van der Waals surface area contributed by atoms with Gasteiger partial charge in [-0.2, -0.15) is 0 Å². The number of hydrogen-bond donors (Lipinski definition) is 1. The summed E-state index contributed by atoms with van der Waals surface area (Å²) in [6, 6.07) is 0. The van der Waals surface area contributed by atoms with Crippen LogP contribution in [0.1, 0.15) is 188 Å². The van der Waals surface area contributed by atoms with Crippen molar-refractivity contribution in [1.82, 2.24) is 0 Å². The summed E-state index contributed by atoms with van der Waals surface area (Å²) in [5.74, 6) is 1.12. The van der Waals surface area contributed by atoms with Gasteiger partial charge in [-0.05, 0) is 24.7 Å². The molecule has 0 radical (unpaired) electrons. The average Bonchev–Trinajstić information content (AvgIpc) is 2.95. The number of ether oxygens (including phenoxy) is 2. The van der Waals surface area contributed by atoms with Crippen LogP contribution in [0.3, 0.4) is 0 Å². The SMILES string of the molecule is CCC(C)CCCCCCCCCCCCCCCCC(=O)OC[C@@H](O)COC(=O)CCCCCCCCC(C)C. The minimum absolute atomic E-state index is 0.110. The molecule has 41 heavy (non-hydrogen) atoms. The summed E-state index contributed by atoms with van der Waals surface area (Å²) < 4.78 is 10.3. The number of hydrogen-bond acceptors (Lipinski definition) is 5. The van der Waals surface area contributed by atoms with E-state index in [2.05, 4.69) is 27.7 Å². The molecule has 0 aromatic carbocycles. The molecule has 5 heteroatoms. The largest absolute Gasteiger partial charge is 0.463 e. The molecule has 0 aromatic heterocycles. The van der Waals surface area contributed by atoms with E-state index in [0.717, 1.165) is 43.9 Å². The van der Waals surface area contributed by atoms with Crippen LogP contribution in [-0.4, -0.2) is 36.4 Å². The fraction of sp³-hybridized carbons (Fsp3) is 0.944. The third kappa shape index (κ3) is 31.7. The summed E-state index contributed by atoms with van der Waals surface area (Å²) in [6.07, 6.45) is 28.8. The van der Waals surface area contributed by atoms with Gasteiger partial charge in [0, 0.05) is 12.8 Å². The van der Waals surface area contributed by atoms with Crippen LogP contribution in [0.5, 0.6) is 0 Å². The van der Waals surface area contributed by atoms with Crippen molar-refractivity contribution in [3.63, 3.8) is 0 Å². The van der Waals surface area contributed by atoms with Gasteiger partial charge in [0.1, 0.15) is 19.3 Å². The predicted molar refractivity (Wildman–Crippen MR) is 173 cm³/mol. The molecular weight excluding hydrogens is 512 g/mol. The van der Waals surface area contributed by atoms with Crippen LogP contribution in [0.25, 0.3) is 0 Å². The number of aliphatic hydroxyl groups excluding tert-OH is 1. The second kappa shape index (κ2) is 30.4. The molecule has 1 unspecified atom stereocenters. The van der Waals surface area contributed by atoms with Crippen LogP contribution < -0.4 is 0 Å². The Hall–Kier alpha value is -1.10. The summed E-state index contributed by atoms with van der Waals surface area (Å²) in [7, 11) is 0. The Kier molecular flexibility index (Phi) is 29.5. The first kappa shape index (κ1) is 39.9. The van der Waals surface area contributed by atoms with Crippen LogP contribution in [0.15, 0.2) is 0 Å². The van der Waals surface area contributed by atoms with Gasteiger partial charge < -0.3 is 14.6 Å². The highest BCUT2D eigenvalue weighted by Gasteiger charge is 2.12. The Morgan fingerprint density at radius 3 is 1.17 bits per heavy atom. The topological polar surface area (TPSA) is 72.8 Å². The highest BCUT2D eigenvalue weighted by atomic mass is 16.6. The van der Waals surface area contributed by atoms with E-state index in [1.54, 1.807) is 0 Å². The maximum absolute atomic E-state index is 11.9. The van der Waals surface area contributed by atoms with Crippen LogP contribution in [-0.2, 0) is 19.1 Å². The number of rotatable bonds is 31. The van der Waals surface area contributed by atoms with Crippen LogP contribution in [0.2, 0.25) is 0 Å². The van der Waals surface area contributed by atoms with Crippen molar-refractivity contribution < 1.29 is 24.2 Å². The molecule has 244 valence electrons.